The van der Waals surface area contributed by atoms with Gasteiger partial charge in [0, 0.05) is 17.6 Å². The zero-order chi connectivity index (χ0) is 14.1. The molecular formula is C12H17BrN2O3S. The molecule has 0 amide bonds. The minimum atomic E-state index is -3.55. The number of hydrogen-bond acceptors (Lipinski definition) is 3. The molecule has 1 atom stereocenters. The van der Waals surface area contributed by atoms with Crippen LogP contribution in [0.4, 0.5) is 0 Å². The number of rotatable bonds is 5. The van der Waals surface area contributed by atoms with Gasteiger partial charge in [-0.2, -0.15) is 17.4 Å². The number of nitrogens with one attached hydrogen (secondary N) is 1. The molecule has 1 fully saturated rings. The summed E-state index contributed by atoms with van der Waals surface area (Å²) in [5.41, 5.74) is -0.313. The van der Waals surface area contributed by atoms with Crippen molar-refractivity contribution in [3.05, 3.63) is 34.3 Å². The Labute approximate surface area is 121 Å². The second-order valence-corrected chi connectivity index (χ2v) is 7.45. The van der Waals surface area contributed by atoms with E-state index in [1.54, 1.807) is 19.1 Å². The van der Waals surface area contributed by atoms with E-state index in [-0.39, 0.29) is 6.61 Å². The molecule has 1 aliphatic heterocycles. The number of aliphatic hydroxyl groups is 1. The Kier molecular flexibility index (Phi) is 4.32. The largest absolute Gasteiger partial charge is 0.394 e. The van der Waals surface area contributed by atoms with E-state index >= 15 is 0 Å². The van der Waals surface area contributed by atoms with E-state index in [2.05, 4.69) is 20.7 Å². The summed E-state index contributed by atoms with van der Waals surface area (Å²) < 4.78 is 29.1. The molecule has 1 heterocycles. The maximum Gasteiger partial charge on any atom is 0.280 e. The van der Waals surface area contributed by atoms with Gasteiger partial charge in [-0.15, -0.1) is 0 Å². The zero-order valence-electron chi connectivity index (χ0n) is 10.6. The molecule has 19 heavy (non-hydrogen) atoms. The third-order valence-electron chi connectivity index (χ3n) is 3.29. The smallest absolute Gasteiger partial charge is 0.280 e. The van der Waals surface area contributed by atoms with Gasteiger partial charge in [0.25, 0.3) is 10.2 Å². The van der Waals surface area contributed by atoms with Gasteiger partial charge in [0.1, 0.15) is 0 Å². The van der Waals surface area contributed by atoms with Gasteiger partial charge in [-0.3, -0.25) is 0 Å². The third-order valence-corrected chi connectivity index (χ3v) is 5.53. The number of aliphatic hydroxyl groups excluding tert-OH is 1. The lowest BCUT2D eigenvalue weighted by Crippen LogP contribution is -2.55. The fourth-order valence-electron chi connectivity index (χ4n) is 1.89. The Balaban J connectivity index is 2.27. The lowest BCUT2D eigenvalue weighted by molar-refractivity contribution is 0.190. The Bertz CT molecular complexity index is 560. The summed E-state index contributed by atoms with van der Waals surface area (Å²) in [4.78, 5) is 0. The van der Waals surface area contributed by atoms with Crippen molar-refractivity contribution in [1.29, 1.82) is 0 Å². The summed E-state index contributed by atoms with van der Waals surface area (Å²) in [6, 6.07) is 7.25. The first-order valence-corrected chi connectivity index (χ1v) is 8.27. The molecular weight excluding hydrogens is 332 g/mol. The number of benzene rings is 1. The normalized spacial score (nSPS) is 19.7. The molecule has 1 aliphatic rings. The molecule has 0 aliphatic carbocycles. The SMILES string of the molecule is CC(CO)(NS(=O)(=O)N1CCC1)c1cccc(Br)c1. The van der Waals surface area contributed by atoms with Crippen LogP contribution in [-0.4, -0.2) is 37.5 Å². The Morgan fingerprint density at radius 3 is 2.63 bits per heavy atom. The standard InChI is InChI=1S/C12H17BrN2O3S/c1-12(9-16,10-4-2-5-11(13)8-10)14-19(17,18)15-6-3-7-15/h2,4-5,8,14,16H,3,6-7,9H2,1H3. The summed E-state index contributed by atoms with van der Waals surface area (Å²) >= 11 is 3.35. The van der Waals surface area contributed by atoms with E-state index in [1.807, 2.05) is 12.1 Å². The van der Waals surface area contributed by atoms with Gasteiger partial charge in [0.15, 0.2) is 0 Å². The number of nitrogens with zero attached hydrogens (tertiary/aromatic N) is 1. The topological polar surface area (TPSA) is 69.6 Å². The molecule has 0 aromatic heterocycles. The highest BCUT2D eigenvalue weighted by Crippen LogP contribution is 2.25. The van der Waals surface area contributed by atoms with E-state index in [9.17, 15) is 13.5 Å². The van der Waals surface area contributed by atoms with Crippen molar-refractivity contribution < 1.29 is 13.5 Å². The molecule has 2 rings (SSSR count). The Morgan fingerprint density at radius 2 is 2.16 bits per heavy atom. The molecule has 106 valence electrons. The Morgan fingerprint density at radius 1 is 1.47 bits per heavy atom. The van der Waals surface area contributed by atoms with Gasteiger partial charge >= 0.3 is 0 Å². The average Bonchev–Trinajstić information content (AvgIpc) is 2.25. The molecule has 2 N–H and O–H groups in total. The summed E-state index contributed by atoms with van der Waals surface area (Å²) in [5.74, 6) is 0. The van der Waals surface area contributed by atoms with Crippen molar-refractivity contribution >= 4 is 26.1 Å². The lowest BCUT2D eigenvalue weighted by atomic mass is 9.94. The molecule has 1 saturated heterocycles. The molecule has 0 bridgehead atoms. The van der Waals surface area contributed by atoms with Crippen LogP contribution in [0, 0.1) is 0 Å². The van der Waals surface area contributed by atoms with Crippen molar-refractivity contribution in [2.24, 2.45) is 0 Å². The van der Waals surface area contributed by atoms with Crippen LogP contribution in [0.2, 0.25) is 0 Å². The van der Waals surface area contributed by atoms with E-state index in [0.717, 1.165) is 10.9 Å². The molecule has 0 spiro atoms. The Hall–Kier alpha value is -0.470. The number of hydrogen-bond donors (Lipinski definition) is 2. The van der Waals surface area contributed by atoms with Crippen LogP contribution in [0.15, 0.2) is 28.7 Å². The van der Waals surface area contributed by atoms with Crippen LogP contribution in [0.5, 0.6) is 0 Å². The fraction of sp³-hybridized carbons (Fsp3) is 0.500. The third kappa shape index (κ3) is 3.17. The maximum atomic E-state index is 12.1. The minimum absolute atomic E-state index is 0.309. The summed E-state index contributed by atoms with van der Waals surface area (Å²) in [6.45, 7) is 2.44. The van der Waals surface area contributed by atoms with Crippen LogP contribution in [0.3, 0.4) is 0 Å². The van der Waals surface area contributed by atoms with E-state index in [0.29, 0.717) is 18.7 Å². The van der Waals surface area contributed by atoms with Gasteiger partial charge in [-0.25, -0.2) is 0 Å². The van der Waals surface area contributed by atoms with Crippen molar-refractivity contribution in [2.75, 3.05) is 19.7 Å². The maximum absolute atomic E-state index is 12.1. The number of halogens is 1. The van der Waals surface area contributed by atoms with Crippen LogP contribution >= 0.6 is 15.9 Å². The van der Waals surface area contributed by atoms with E-state index < -0.39 is 15.7 Å². The zero-order valence-corrected chi connectivity index (χ0v) is 13.0. The quantitative estimate of drug-likeness (QED) is 0.839. The molecule has 0 saturated carbocycles. The first-order chi connectivity index (χ1) is 8.87. The highest BCUT2D eigenvalue weighted by molar-refractivity contribution is 9.10. The van der Waals surface area contributed by atoms with E-state index in [1.165, 1.54) is 4.31 Å². The first-order valence-electron chi connectivity index (χ1n) is 6.03. The van der Waals surface area contributed by atoms with Crippen LogP contribution in [-0.2, 0) is 15.7 Å². The predicted molar refractivity (Wildman–Crippen MR) is 76.8 cm³/mol. The van der Waals surface area contributed by atoms with Gasteiger partial charge < -0.3 is 5.11 Å². The van der Waals surface area contributed by atoms with Gasteiger partial charge in [0.2, 0.25) is 0 Å². The van der Waals surface area contributed by atoms with Gasteiger partial charge in [-0.1, -0.05) is 28.1 Å². The minimum Gasteiger partial charge on any atom is -0.394 e. The van der Waals surface area contributed by atoms with Gasteiger partial charge in [-0.05, 0) is 31.0 Å². The van der Waals surface area contributed by atoms with Crippen molar-refractivity contribution in [1.82, 2.24) is 9.03 Å². The van der Waals surface area contributed by atoms with Gasteiger partial charge in [0.05, 0.1) is 12.1 Å². The monoisotopic (exact) mass is 348 g/mol. The van der Waals surface area contributed by atoms with Crippen molar-refractivity contribution in [3.8, 4) is 0 Å². The summed E-state index contributed by atoms with van der Waals surface area (Å²) in [7, 11) is -3.55. The first kappa shape index (κ1) is 14.9. The second kappa shape index (κ2) is 5.49. The molecule has 7 heteroatoms. The fourth-order valence-corrected chi connectivity index (χ4v) is 3.91. The second-order valence-electron chi connectivity index (χ2n) is 4.86. The predicted octanol–water partition coefficient (Wildman–Crippen LogP) is 1.20. The molecule has 5 nitrogen and oxygen atoms in total. The molecule has 1 unspecified atom stereocenters. The van der Waals surface area contributed by atoms with Crippen LogP contribution < -0.4 is 4.72 Å². The van der Waals surface area contributed by atoms with Crippen LogP contribution in [0.25, 0.3) is 0 Å². The summed E-state index contributed by atoms with van der Waals surface area (Å²) in [6.07, 6.45) is 0.883. The highest BCUT2D eigenvalue weighted by Gasteiger charge is 2.36. The van der Waals surface area contributed by atoms with Crippen molar-refractivity contribution in [2.45, 2.75) is 18.9 Å². The highest BCUT2D eigenvalue weighted by atomic mass is 79.9. The van der Waals surface area contributed by atoms with Crippen LogP contribution in [0.1, 0.15) is 18.9 Å². The van der Waals surface area contributed by atoms with E-state index in [4.69, 9.17) is 0 Å². The molecule has 0 radical (unpaired) electrons. The lowest BCUT2D eigenvalue weighted by Gasteiger charge is -2.35. The average molecular weight is 349 g/mol. The molecule has 1 aromatic rings. The molecule has 1 aromatic carbocycles. The van der Waals surface area contributed by atoms with Crippen molar-refractivity contribution in [3.63, 3.8) is 0 Å². The summed E-state index contributed by atoms with van der Waals surface area (Å²) in [5, 5.41) is 9.60.